The van der Waals surface area contributed by atoms with Gasteiger partial charge in [-0.15, -0.1) is 0 Å². The maximum absolute atomic E-state index is 5.43. The van der Waals surface area contributed by atoms with Crippen LogP contribution in [0.4, 0.5) is 0 Å². The van der Waals surface area contributed by atoms with E-state index in [0.717, 1.165) is 42.9 Å². The second-order valence-corrected chi connectivity index (χ2v) is 5.39. The van der Waals surface area contributed by atoms with Gasteiger partial charge in [0.2, 0.25) is 0 Å². The highest BCUT2D eigenvalue weighted by molar-refractivity contribution is 9.10. The third kappa shape index (κ3) is 2.72. The molecule has 1 unspecified atom stereocenters. The molecule has 0 spiro atoms. The van der Waals surface area contributed by atoms with Gasteiger partial charge in [0.1, 0.15) is 0 Å². The molecule has 1 aliphatic heterocycles. The van der Waals surface area contributed by atoms with Gasteiger partial charge in [0.15, 0.2) is 0 Å². The minimum Gasteiger partial charge on any atom is -0.380 e. The number of halogens is 1. The molecule has 1 atom stereocenters. The average Bonchev–Trinajstić information content (AvgIpc) is 2.92. The molecule has 0 amide bonds. The van der Waals surface area contributed by atoms with Crippen LogP contribution in [0.1, 0.15) is 24.7 Å². The van der Waals surface area contributed by atoms with Gasteiger partial charge in [-0.05, 0) is 43.2 Å². The van der Waals surface area contributed by atoms with Gasteiger partial charge >= 0.3 is 0 Å². The molecular weight excluding hydrogens is 282 g/mol. The number of likely N-dealkylation sites (N-methyl/N-ethyl adjacent to an activating group) is 1. The average molecular weight is 302 g/mol. The fraction of sp³-hybridized carbons (Fsp3) is 0.750. The molecule has 1 aromatic heterocycles. The van der Waals surface area contributed by atoms with Crippen molar-refractivity contribution in [1.29, 1.82) is 0 Å². The van der Waals surface area contributed by atoms with Gasteiger partial charge in [-0.3, -0.25) is 9.58 Å². The Morgan fingerprint density at radius 3 is 2.94 bits per heavy atom. The fourth-order valence-corrected chi connectivity index (χ4v) is 2.66. The summed E-state index contributed by atoms with van der Waals surface area (Å²) in [4.78, 5) is 2.36. The van der Waals surface area contributed by atoms with Crippen LogP contribution in [0.2, 0.25) is 0 Å². The number of ether oxygens (including phenoxy) is 1. The van der Waals surface area contributed by atoms with E-state index in [2.05, 4.69) is 44.6 Å². The van der Waals surface area contributed by atoms with E-state index in [1.165, 1.54) is 5.69 Å². The predicted molar refractivity (Wildman–Crippen MR) is 71.0 cm³/mol. The zero-order chi connectivity index (χ0) is 12.4. The van der Waals surface area contributed by atoms with Crippen LogP contribution in [0.15, 0.2) is 4.47 Å². The molecule has 0 saturated carbocycles. The second-order valence-electron chi connectivity index (χ2n) is 4.59. The molecular formula is C12H20BrN3O. The molecule has 1 saturated heterocycles. The van der Waals surface area contributed by atoms with E-state index in [0.29, 0.717) is 6.04 Å². The zero-order valence-electron chi connectivity index (χ0n) is 10.7. The van der Waals surface area contributed by atoms with Crippen molar-refractivity contribution in [2.24, 2.45) is 0 Å². The molecule has 17 heavy (non-hydrogen) atoms. The molecule has 0 bridgehead atoms. The van der Waals surface area contributed by atoms with Crippen molar-refractivity contribution in [3.63, 3.8) is 0 Å². The van der Waals surface area contributed by atoms with Crippen molar-refractivity contribution in [3.8, 4) is 0 Å². The molecule has 96 valence electrons. The number of nitrogens with zero attached hydrogens (tertiary/aromatic N) is 3. The molecule has 0 N–H and O–H groups in total. The lowest BCUT2D eigenvalue weighted by molar-refractivity contribution is 0.154. The molecule has 0 aromatic carbocycles. The first-order chi connectivity index (χ1) is 8.13. The van der Waals surface area contributed by atoms with E-state index in [9.17, 15) is 0 Å². The van der Waals surface area contributed by atoms with Crippen LogP contribution in [0.3, 0.4) is 0 Å². The number of hydrogen-bond donors (Lipinski definition) is 0. The van der Waals surface area contributed by atoms with Gasteiger partial charge < -0.3 is 4.74 Å². The van der Waals surface area contributed by atoms with Gasteiger partial charge in [-0.1, -0.05) is 0 Å². The van der Waals surface area contributed by atoms with Crippen LogP contribution in [-0.4, -0.2) is 41.0 Å². The van der Waals surface area contributed by atoms with Gasteiger partial charge in [-0.25, -0.2) is 0 Å². The Kier molecular flexibility index (Phi) is 4.22. The Bertz CT molecular complexity index is 385. The molecule has 0 radical (unpaired) electrons. The topological polar surface area (TPSA) is 30.3 Å². The monoisotopic (exact) mass is 301 g/mol. The Balaban J connectivity index is 2.11. The van der Waals surface area contributed by atoms with Crippen LogP contribution in [0, 0.1) is 6.92 Å². The first kappa shape index (κ1) is 13.1. The van der Waals surface area contributed by atoms with Crippen LogP contribution in [0.5, 0.6) is 0 Å². The summed E-state index contributed by atoms with van der Waals surface area (Å²) in [6.45, 7) is 7.75. The first-order valence-corrected chi connectivity index (χ1v) is 6.92. The van der Waals surface area contributed by atoms with E-state index in [-0.39, 0.29) is 0 Å². The summed E-state index contributed by atoms with van der Waals surface area (Å²) in [5, 5.41) is 4.52. The molecule has 5 heteroatoms. The van der Waals surface area contributed by atoms with E-state index in [1.807, 2.05) is 6.92 Å². The number of aryl methyl sites for hydroxylation is 2. The maximum Gasteiger partial charge on any atom is 0.0739 e. The Morgan fingerprint density at radius 1 is 1.59 bits per heavy atom. The number of hydrogen-bond acceptors (Lipinski definition) is 3. The Hall–Kier alpha value is -0.390. The van der Waals surface area contributed by atoms with Crippen molar-refractivity contribution < 1.29 is 4.74 Å². The largest absolute Gasteiger partial charge is 0.380 e. The zero-order valence-corrected chi connectivity index (χ0v) is 12.3. The number of aromatic nitrogens is 2. The highest BCUT2D eigenvalue weighted by atomic mass is 79.9. The summed E-state index contributed by atoms with van der Waals surface area (Å²) >= 11 is 3.64. The normalized spacial score (nSPS) is 20.4. The Morgan fingerprint density at radius 2 is 2.35 bits per heavy atom. The lowest BCUT2D eigenvalue weighted by atomic mass is 10.2. The highest BCUT2D eigenvalue weighted by Crippen LogP contribution is 2.23. The SMILES string of the molecule is CCn1nc(C)c(Br)c1CN(C)C1CCOC1. The van der Waals surface area contributed by atoms with E-state index < -0.39 is 0 Å². The van der Waals surface area contributed by atoms with Crippen molar-refractivity contribution in [1.82, 2.24) is 14.7 Å². The molecule has 4 nitrogen and oxygen atoms in total. The predicted octanol–water partition coefficient (Wildman–Crippen LogP) is 2.19. The molecule has 0 aliphatic carbocycles. The van der Waals surface area contributed by atoms with Crippen molar-refractivity contribution >= 4 is 15.9 Å². The first-order valence-electron chi connectivity index (χ1n) is 6.13. The van der Waals surface area contributed by atoms with Gasteiger partial charge in [0, 0.05) is 25.7 Å². The quantitative estimate of drug-likeness (QED) is 0.854. The summed E-state index contributed by atoms with van der Waals surface area (Å²) < 4.78 is 8.65. The standard InChI is InChI=1S/C12H20BrN3O/c1-4-16-11(12(13)9(2)14-16)7-15(3)10-5-6-17-8-10/h10H,4-8H2,1-3H3. The van der Waals surface area contributed by atoms with Crippen LogP contribution < -0.4 is 0 Å². The summed E-state index contributed by atoms with van der Waals surface area (Å²) in [5.74, 6) is 0. The fourth-order valence-electron chi connectivity index (χ4n) is 2.26. The van der Waals surface area contributed by atoms with Gasteiger partial charge in [0.05, 0.1) is 22.5 Å². The summed E-state index contributed by atoms with van der Waals surface area (Å²) in [5.41, 5.74) is 2.33. The van der Waals surface area contributed by atoms with Crippen molar-refractivity contribution in [3.05, 3.63) is 15.9 Å². The third-order valence-electron chi connectivity index (χ3n) is 3.38. The number of rotatable bonds is 4. The van der Waals surface area contributed by atoms with Crippen molar-refractivity contribution in [2.75, 3.05) is 20.3 Å². The van der Waals surface area contributed by atoms with Crippen LogP contribution >= 0.6 is 15.9 Å². The third-order valence-corrected chi connectivity index (χ3v) is 4.41. The summed E-state index contributed by atoms with van der Waals surface area (Å²) in [6, 6.07) is 0.544. The van der Waals surface area contributed by atoms with Crippen molar-refractivity contribution in [2.45, 2.75) is 39.4 Å². The van der Waals surface area contributed by atoms with Crippen LogP contribution in [0.25, 0.3) is 0 Å². The summed E-state index contributed by atoms with van der Waals surface area (Å²) in [7, 11) is 2.16. The molecule has 2 heterocycles. The molecule has 1 aliphatic rings. The second kappa shape index (κ2) is 5.50. The molecule has 2 rings (SSSR count). The maximum atomic E-state index is 5.43. The Labute approximate surface area is 111 Å². The molecule has 1 aromatic rings. The van der Waals surface area contributed by atoms with E-state index >= 15 is 0 Å². The lowest BCUT2D eigenvalue weighted by Gasteiger charge is -2.23. The summed E-state index contributed by atoms with van der Waals surface area (Å²) in [6.07, 6.45) is 1.13. The van der Waals surface area contributed by atoms with E-state index in [4.69, 9.17) is 4.74 Å². The smallest absolute Gasteiger partial charge is 0.0739 e. The van der Waals surface area contributed by atoms with Gasteiger partial charge in [-0.2, -0.15) is 5.10 Å². The minimum atomic E-state index is 0.544. The molecule has 1 fully saturated rings. The van der Waals surface area contributed by atoms with E-state index in [1.54, 1.807) is 0 Å². The highest BCUT2D eigenvalue weighted by Gasteiger charge is 2.22. The minimum absolute atomic E-state index is 0.544. The van der Waals surface area contributed by atoms with Crippen LogP contribution in [-0.2, 0) is 17.8 Å². The lowest BCUT2D eigenvalue weighted by Crippen LogP contribution is -2.32. The van der Waals surface area contributed by atoms with Gasteiger partial charge in [0.25, 0.3) is 0 Å².